The van der Waals surface area contributed by atoms with Crippen LogP contribution in [0.25, 0.3) is 0 Å². The molecule has 0 aliphatic heterocycles. The number of hydrogen-bond acceptors (Lipinski definition) is 2. The summed E-state index contributed by atoms with van der Waals surface area (Å²) in [4.78, 5) is 4.54. The summed E-state index contributed by atoms with van der Waals surface area (Å²) in [6.07, 6.45) is 4.06. The molecule has 0 spiro atoms. The first kappa shape index (κ1) is 12.6. The lowest BCUT2D eigenvalue weighted by Gasteiger charge is -2.33. The Balaban J connectivity index is 1.88. The molecular formula is C15H24N2. The SMILES string of the molecule is Cc1cccc(CNC2CC(C)CCC2C)n1. The lowest BCUT2D eigenvalue weighted by molar-refractivity contribution is 0.227. The summed E-state index contributed by atoms with van der Waals surface area (Å²) in [7, 11) is 0. The van der Waals surface area contributed by atoms with E-state index >= 15 is 0 Å². The summed E-state index contributed by atoms with van der Waals surface area (Å²) in [6, 6.07) is 6.92. The lowest BCUT2D eigenvalue weighted by Crippen LogP contribution is -2.39. The molecule has 3 unspecified atom stereocenters. The summed E-state index contributed by atoms with van der Waals surface area (Å²) in [5.41, 5.74) is 2.27. The first-order valence-corrected chi connectivity index (χ1v) is 6.81. The van der Waals surface area contributed by atoms with Crippen molar-refractivity contribution in [2.75, 3.05) is 0 Å². The van der Waals surface area contributed by atoms with Gasteiger partial charge in [0.25, 0.3) is 0 Å². The van der Waals surface area contributed by atoms with E-state index in [1.807, 2.05) is 0 Å². The smallest absolute Gasteiger partial charge is 0.0544 e. The molecule has 0 aromatic carbocycles. The second-order valence-electron chi connectivity index (χ2n) is 5.65. The molecule has 0 amide bonds. The van der Waals surface area contributed by atoms with Crippen LogP contribution in [0.5, 0.6) is 0 Å². The van der Waals surface area contributed by atoms with E-state index in [1.54, 1.807) is 0 Å². The van der Waals surface area contributed by atoms with Crippen LogP contribution in [0.2, 0.25) is 0 Å². The molecule has 0 radical (unpaired) electrons. The second-order valence-corrected chi connectivity index (χ2v) is 5.65. The van der Waals surface area contributed by atoms with Crippen LogP contribution in [0.15, 0.2) is 18.2 Å². The van der Waals surface area contributed by atoms with Crippen molar-refractivity contribution in [2.45, 2.75) is 52.6 Å². The standard InChI is InChI=1S/C15H24N2/c1-11-7-8-12(2)15(9-11)16-10-14-6-4-5-13(3)17-14/h4-6,11-12,15-16H,7-10H2,1-3H3. The molecule has 3 atom stereocenters. The van der Waals surface area contributed by atoms with E-state index in [2.05, 4.69) is 49.3 Å². The van der Waals surface area contributed by atoms with Crippen LogP contribution in [0, 0.1) is 18.8 Å². The Morgan fingerprint density at radius 3 is 2.88 bits per heavy atom. The summed E-state index contributed by atoms with van der Waals surface area (Å²) in [6.45, 7) is 7.69. The van der Waals surface area contributed by atoms with Gasteiger partial charge < -0.3 is 5.32 Å². The highest BCUT2D eigenvalue weighted by Crippen LogP contribution is 2.28. The van der Waals surface area contributed by atoms with Crippen LogP contribution in [0.1, 0.15) is 44.5 Å². The van der Waals surface area contributed by atoms with Crippen molar-refractivity contribution in [3.63, 3.8) is 0 Å². The van der Waals surface area contributed by atoms with Gasteiger partial charge in [-0.1, -0.05) is 26.3 Å². The zero-order valence-electron chi connectivity index (χ0n) is 11.2. The van der Waals surface area contributed by atoms with Gasteiger partial charge in [-0.15, -0.1) is 0 Å². The maximum Gasteiger partial charge on any atom is 0.0544 e. The molecule has 1 aliphatic rings. The molecule has 2 rings (SSSR count). The van der Waals surface area contributed by atoms with Gasteiger partial charge in [-0.05, 0) is 43.7 Å². The molecule has 1 N–H and O–H groups in total. The number of pyridine rings is 1. The van der Waals surface area contributed by atoms with Crippen LogP contribution in [-0.2, 0) is 6.54 Å². The molecule has 94 valence electrons. The normalized spacial score (nSPS) is 29.2. The van der Waals surface area contributed by atoms with Gasteiger partial charge in [0.2, 0.25) is 0 Å². The zero-order chi connectivity index (χ0) is 12.3. The quantitative estimate of drug-likeness (QED) is 0.865. The van der Waals surface area contributed by atoms with Crippen LogP contribution in [-0.4, -0.2) is 11.0 Å². The molecule has 1 aromatic rings. The van der Waals surface area contributed by atoms with Gasteiger partial charge >= 0.3 is 0 Å². The fraction of sp³-hybridized carbons (Fsp3) is 0.667. The molecule has 1 heterocycles. The molecule has 0 bridgehead atoms. The van der Waals surface area contributed by atoms with E-state index < -0.39 is 0 Å². The number of nitrogens with zero attached hydrogens (tertiary/aromatic N) is 1. The molecule has 1 fully saturated rings. The van der Waals surface area contributed by atoms with Gasteiger partial charge in [0.05, 0.1) is 5.69 Å². The van der Waals surface area contributed by atoms with Crippen molar-refractivity contribution in [1.82, 2.24) is 10.3 Å². The van der Waals surface area contributed by atoms with Gasteiger partial charge in [0, 0.05) is 18.3 Å². The highest BCUT2D eigenvalue weighted by atomic mass is 14.9. The summed E-state index contributed by atoms with van der Waals surface area (Å²) < 4.78 is 0. The largest absolute Gasteiger partial charge is 0.308 e. The average Bonchev–Trinajstić information content (AvgIpc) is 2.30. The van der Waals surface area contributed by atoms with Crippen molar-refractivity contribution in [1.29, 1.82) is 0 Å². The number of aromatic nitrogens is 1. The predicted molar refractivity (Wildman–Crippen MR) is 71.8 cm³/mol. The minimum Gasteiger partial charge on any atom is -0.308 e. The van der Waals surface area contributed by atoms with Gasteiger partial charge in [-0.3, -0.25) is 4.98 Å². The van der Waals surface area contributed by atoms with E-state index in [9.17, 15) is 0 Å². The topological polar surface area (TPSA) is 24.9 Å². The monoisotopic (exact) mass is 232 g/mol. The molecule has 1 aromatic heterocycles. The fourth-order valence-corrected chi connectivity index (χ4v) is 2.75. The highest BCUT2D eigenvalue weighted by Gasteiger charge is 2.24. The Bertz CT molecular complexity index is 362. The maximum atomic E-state index is 4.54. The zero-order valence-corrected chi connectivity index (χ0v) is 11.2. The predicted octanol–water partition coefficient (Wildman–Crippen LogP) is 3.30. The third-order valence-electron chi connectivity index (χ3n) is 3.95. The molecular weight excluding hydrogens is 208 g/mol. The van der Waals surface area contributed by atoms with Crippen molar-refractivity contribution >= 4 is 0 Å². The van der Waals surface area contributed by atoms with E-state index in [-0.39, 0.29) is 0 Å². The second kappa shape index (κ2) is 5.63. The van der Waals surface area contributed by atoms with Crippen molar-refractivity contribution in [3.8, 4) is 0 Å². The Hall–Kier alpha value is -0.890. The Labute approximate surface area is 105 Å². The van der Waals surface area contributed by atoms with Crippen LogP contribution in [0.3, 0.4) is 0 Å². The third-order valence-corrected chi connectivity index (χ3v) is 3.95. The fourth-order valence-electron chi connectivity index (χ4n) is 2.75. The van der Waals surface area contributed by atoms with E-state index in [1.165, 1.54) is 19.3 Å². The molecule has 0 saturated heterocycles. The van der Waals surface area contributed by atoms with E-state index in [4.69, 9.17) is 0 Å². The Kier molecular flexibility index (Phi) is 4.16. The summed E-state index contributed by atoms with van der Waals surface area (Å²) in [5, 5.41) is 3.68. The van der Waals surface area contributed by atoms with Crippen molar-refractivity contribution in [2.24, 2.45) is 11.8 Å². The van der Waals surface area contributed by atoms with Gasteiger partial charge in [-0.2, -0.15) is 0 Å². The molecule has 2 nitrogen and oxygen atoms in total. The molecule has 17 heavy (non-hydrogen) atoms. The van der Waals surface area contributed by atoms with Crippen molar-refractivity contribution < 1.29 is 0 Å². The van der Waals surface area contributed by atoms with E-state index in [0.717, 1.165) is 29.8 Å². The molecule has 1 saturated carbocycles. The average molecular weight is 232 g/mol. The van der Waals surface area contributed by atoms with Crippen LogP contribution >= 0.6 is 0 Å². The van der Waals surface area contributed by atoms with Gasteiger partial charge in [0.1, 0.15) is 0 Å². The minimum atomic E-state index is 0.668. The van der Waals surface area contributed by atoms with Crippen molar-refractivity contribution in [3.05, 3.63) is 29.6 Å². The summed E-state index contributed by atoms with van der Waals surface area (Å²) >= 11 is 0. The van der Waals surface area contributed by atoms with Crippen LogP contribution in [0.4, 0.5) is 0 Å². The Morgan fingerprint density at radius 1 is 1.29 bits per heavy atom. The maximum absolute atomic E-state index is 4.54. The number of aryl methyl sites for hydroxylation is 1. The molecule has 2 heteroatoms. The van der Waals surface area contributed by atoms with Crippen LogP contribution < -0.4 is 5.32 Å². The Morgan fingerprint density at radius 2 is 2.12 bits per heavy atom. The van der Waals surface area contributed by atoms with Gasteiger partial charge in [0.15, 0.2) is 0 Å². The molecule has 1 aliphatic carbocycles. The number of nitrogens with one attached hydrogen (secondary N) is 1. The van der Waals surface area contributed by atoms with E-state index in [0.29, 0.717) is 6.04 Å². The summed E-state index contributed by atoms with van der Waals surface area (Å²) in [5.74, 6) is 1.67. The lowest BCUT2D eigenvalue weighted by atomic mass is 9.80. The minimum absolute atomic E-state index is 0.668. The third kappa shape index (κ3) is 3.53. The first-order valence-electron chi connectivity index (χ1n) is 6.81. The first-order chi connectivity index (χ1) is 8.15. The number of rotatable bonds is 3. The van der Waals surface area contributed by atoms with Gasteiger partial charge in [-0.25, -0.2) is 0 Å². The highest BCUT2D eigenvalue weighted by molar-refractivity contribution is 5.09. The number of hydrogen-bond donors (Lipinski definition) is 1.